The Kier molecular flexibility index (Phi) is 2.49. The fourth-order valence-electron chi connectivity index (χ4n) is 2.03. The van der Waals surface area contributed by atoms with Gasteiger partial charge in [-0.05, 0) is 30.3 Å². The Morgan fingerprint density at radius 3 is 2.63 bits per heavy atom. The SMILES string of the molecule is Nc1ccc2c(c1)C(=O)N(Cc1cccnn1)C2=O. The molecule has 0 aliphatic carbocycles. The van der Waals surface area contributed by atoms with Crippen LogP contribution < -0.4 is 5.73 Å². The van der Waals surface area contributed by atoms with Crippen LogP contribution in [0.15, 0.2) is 36.5 Å². The van der Waals surface area contributed by atoms with E-state index in [0.717, 1.165) is 4.90 Å². The van der Waals surface area contributed by atoms with E-state index in [1.54, 1.807) is 24.3 Å². The summed E-state index contributed by atoms with van der Waals surface area (Å²) in [4.78, 5) is 25.5. The van der Waals surface area contributed by atoms with Crippen molar-refractivity contribution in [3.05, 3.63) is 53.3 Å². The van der Waals surface area contributed by atoms with E-state index >= 15 is 0 Å². The fourth-order valence-corrected chi connectivity index (χ4v) is 2.03. The highest BCUT2D eigenvalue weighted by atomic mass is 16.2. The molecule has 0 bridgehead atoms. The Bertz CT molecular complexity index is 670. The first-order chi connectivity index (χ1) is 9.16. The van der Waals surface area contributed by atoms with Crippen molar-refractivity contribution < 1.29 is 9.59 Å². The van der Waals surface area contributed by atoms with Gasteiger partial charge in [0.15, 0.2) is 0 Å². The smallest absolute Gasteiger partial charge is 0.261 e. The highest BCUT2D eigenvalue weighted by Gasteiger charge is 2.35. The lowest BCUT2D eigenvalue weighted by molar-refractivity contribution is 0.0640. The minimum Gasteiger partial charge on any atom is -0.399 e. The number of nitrogens with two attached hydrogens (primary N) is 1. The van der Waals surface area contributed by atoms with Crippen molar-refractivity contribution in [1.82, 2.24) is 15.1 Å². The molecule has 0 saturated carbocycles. The van der Waals surface area contributed by atoms with Crippen LogP contribution >= 0.6 is 0 Å². The zero-order valence-corrected chi connectivity index (χ0v) is 9.91. The third-order valence-electron chi connectivity index (χ3n) is 2.94. The molecule has 1 aromatic heterocycles. The Hall–Kier alpha value is -2.76. The first kappa shape index (κ1) is 11.3. The molecule has 0 radical (unpaired) electrons. The number of anilines is 1. The lowest BCUT2D eigenvalue weighted by Crippen LogP contribution is -2.29. The van der Waals surface area contributed by atoms with Crippen molar-refractivity contribution in [1.29, 1.82) is 0 Å². The van der Waals surface area contributed by atoms with E-state index in [-0.39, 0.29) is 18.4 Å². The highest BCUT2D eigenvalue weighted by molar-refractivity contribution is 6.21. The maximum atomic E-state index is 12.2. The zero-order chi connectivity index (χ0) is 13.4. The van der Waals surface area contributed by atoms with Crippen LogP contribution in [0, 0.1) is 0 Å². The topological polar surface area (TPSA) is 89.2 Å². The summed E-state index contributed by atoms with van der Waals surface area (Å²) in [5.74, 6) is -0.677. The van der Waals surface area contributed by atoms with Crippen LogP contribution in [-0.4, -0.2) is 26.9 Å². The van der Waals surface area contributed by atoms with Gasteiger partial charge < -0.3 is 5.73 Å². The van der Waals surface area contributed by atoms with Gasteiger partial charge in [0.1, 0.15) is 0 Å². The van der Waals surface area contributed by atoms with Crippen LogP contribution in [0.25, 0.3) is 0 Å². The van der Waals surface area contributed by atoms with E-state index in [1.165, 1.54) is 12.3 Å². The number of carbonyl (C=O) groups is 2. The lowest BCUT2D eigenvalue weighted by Gasteiger charge is -2.12. The van der Waals surface area contributed by atoms with Crippen molar-refractivity contribution >= 4 is 17.5 Å². The Morgan fingerprint density at radius 2 is 1.89 bits per heavy atom. The highest BCUT2D eigenvalue weighted by Crippen LogP contribution is 2.25. The normalized spacial score (nSPS) is 13.8. The minimum absolute atomic E-state index is 0.111. The second kappa shape index (κ2) is 4.16. The average molecular weight is 254 g/mol. The molecular weight excluding hydrogens is 244 g/mol. The second-order valence-electron chi connectivity index (χ2n) is 4.22. The van der Waals surface area contributed by atoms with E-state index in [2.05, 4.69) is 10.2 Å². The molecule has 2 N–H and O–H groups in total. The molecule has 94 valence electrons. The summed E-state index contributed by atoms with van der Waals surface area (Å²) in [7, 11) is 0. The number of nitrogens with zero attached hydrogens (tertiary/aromatic N) is 3. The van der Waals surface area contributed by atoms with E-state index in [1.807, 2.05) is 0 Å². The summed E-state index contributed by atoms with van der Waals surface area (Å²) < 4.78 is 0. The summed E-state index contributed by atoms with van der Waals surface area (Å²) in [6.45, 7) is 0.111. The van der Waals surface area contributed by atoms with E-state index in [0.29, 0.717) is 22.5 Å². The van der Waals surface area contributed by atoms with Crippen LogP contribution in [0.3, 0.4) is 0 Å². The molecule has 6 heteroatoms. The number of benzene rings is 1. The number of rotatable bonds is 2. The van der Waals surface area contributed by atoms with Gasteiger partial charge in [0.25, 0.3) is 11.8 Å². The van der Waals surface area contributed by atoms with Gasteiger partial charge in [-0.25, -0.2) is 0 Å². The summed E-state index contributed by atoms with van der Waals surface area (Å²) >= 11 is 0. The monoisotopic (exact) mass is 254 g/mol. The molecule has 0 atom stereocenters. The van der Waals surface area contributed by atoms with E-state index < -0.39 is 0 Å². The van der Waals surface area contributed by atoms with Crippen molar-refractivity contribution in [3.8, 4) is 0 Å². The van der Waals surface area contributed by atoms with Crippen LogP contribution in [0.5, 0.6) is 0 Å². The van der Waals surface area contributed by atoms with Crippen molar-refractivity contribution in [2.45, 2.75) is 6.54 Å². The first-order valence-electron chi connectivity index (χ1n) is 5.69. The van der Waals surface area contributed by atoms with E-state index in [4.69, 9.17) is 5.73 Å². The minimum atomic E-state index is -0.349. The number of amides is 2. The molecular formula is C13H10N4O2. The van der Waals surface area contributed by atoms with Crippen molar-refractivity contribution in [2.75, 3.05) is 5.73 Å². The van der Waals surface area contributed by atoms with Crippen LogP contribution in [-0.2, 0) is 6.54 Å². The Morgan fingerprint density at radius 1 is 1.11 bits per heavy atom. The van der Waals surface area contributed by atoms with Crippen LogP contribution in [0.1, 0.15) is 26.4 Å². The molecule has 2 amide bonds. The molecule has 1 aliphatic rings. The number of carbonyl (C=O) groups excluding carboxylic acids is 2. The van der Waals surface area contributed by atoms with Crippen LogP contribution in [0.2, 0.25) is 0 Å². The van der Waals surface area contributed by atoms with Gasteiger partial charge in [-0.15, -0.1) is 0 Å². The molecule has 2 heterocycles. The molecule has 0 spiro atoms. The maximum absolute atomic E-state index is 12.2. The second-order valence-corrected chi connectivity index (χ2v) is 4.22. The van der Waals surface area contributed by atoms with Gasteiger partial charge in [-0.1, -0.05) is 0 Å². The van der Waals surface area contributed by atoms with Gasteiger partial charge in [0.05, 0.1) is 23.4 Å². The van der Waals surface area contributed by atoms with Gasteiger partial charge in [-0.3, -0.25) is 14.5 Å². The van der Waals surface area contributed by atoms with Gasteiger partial charge >= 0.3 is 0 Å². The molecule has 3 rings (SSSR count). The van der Waals surface area contributed by atoms with Crippen molar-refractivity contribution in [2.24, 2.45) is 0 Å². The Balaban J connectivity index is 1.95. The third kappa shape index (κ3) is 1.83. The molecule has 2 aromatic rings. The average Bonchev–Trinajstić information content (AvgIpc) is 2.65. The standard InChI is InChI=1S/C13H10N4O2/c14-8-3-4-10-11(6-8)13(19)17(12(10)18)7-9-2-1-5-15-16-9/h1-6H,7,14H2. The molecule has 0 fully saturated rings. The fraction of sp³-hybridized carbons (Fsp3) is 0.0769. The van der Waals surface area contributed by atoms with Gasteiger partial charge in [0.2, 0.25) is 0 Å². The molecule has 0 saturated heterocycles. The molecule has 0 unspecified atom stereocenters. The lowest BCUT2D eigenvalue weighted by atomic mass is 10.1. The quantitative estimate of drug-likeness (QED) is 0.634. The van der Waals surface area contributed by atoms with Gasteiger partial charge in [-0.2, -0.15) is 10.2 Å². The predicted octanol–water partition coefficient (Wildman–Crippen LogP) is 0.855. The van der Waals surface area contributed by atoms with Crippen LogP contribution in [0.4, 0.5) is 5.69 Å². The van der Waals surface area contributed by atoms with Gasteiger partial charge in [0, 0.05) is 11.9 Å². The first-order valence-corrected chi connectivity index (χ1v) is 5.69. The maximum Gasteiger partial charge on any atom is 0.261 e. The molecule has 1 aromatic carbocycles. The summed E-state index contributed by atoms with van der Waals surface area (Å²) in [5.41, 5.74) is 7.37. The molecule has 6 nitrogen and oxygen atoms in total. The summed E-state index contributed by atoms with van der Waals surface area (Å²) in [6, 6.07) is 8.12. The zero-order valence-electron chi connectivity index (χ0n) is 9.91. The number of hydrogen-bond donors (Lipinski definition) is 1. The largest absolute Gasteiger partial charge is 0.399 e. The summed E-state index contributed by atoms with van der Waals surface area (Å²) in [5, 5.41) is 7.59. The number of aromatic nitrogens is 2. The third-order valence-corrected chi connectivity index (χ3v) is 2.94. The Labute approximate surface area is 108 Å². The van der Waals surface area contributed by atoms with E-state index in [9.17, 15) is 9.59 Å². The number of hydrogen-bond acceptors (Lipinski definition) is 5. The number of nitrogen functional groups attached to an aromatic ring is 1. The molecule has 19 heavy (non-hydrogen) atoms. The number of imide groups is 1. The summed E-state index contributed by atoms with van der Waals surface area (Å²) in [6.07, 6.45) is 1.53. The number of fused-ring (bicyclic) bond motifs is 1. The van der Waals surface area contributed by atoms with Crippen molar-refractivity contribution in [3.63, 3.8) is 0 Å². The molecule has 1 aliphatic heterocycles. The predicted molar refractivity (Wildman–Crippen MR) is 67.1 cm³/mol.